The third-order valence-corrected chi connectivity index (χ3v) is 4.53. The summed E-state index contributed by atoms with van der Waals surface area (Å²) in [4.78, 5) is 2.59. The minimum Gasteiger partial charge on any atom is -0.382 e. The van der Waals surface area contributed by atoms with Gasteiger partial charge in [0.15, 0.2) is 0 Å². The Labute approximate surface area is 125 Å². The molecule has 1 fully saturated rings. The van der Waals surface area contributed by atoms with Crippen LogP contribution in [0.5, 0.6) is 0 Å². The average molecular weight is 325 g/mol. The molecule has 1 aliphatic rings. The van der Waals surface area contributed by atoms with Gasteiger partial charge in [-0.15, -0.1) is 0 Å². The lowest BCUT2D eigenvalue weighted by molar-refractivity contribution is 0.230. The number of likely N-dealkylation sites (tertiary alicyclic amines) is 1. The van der Waals surface area contributed by atoms with E-state index in [1.54, 1.807) is 0 Å². The fourth-order valence-corrected chi connectivity index (χ4v) is 3.26. The first kappa shape index (κ1) is 14.9. The molecule has 3 heteroatoms. The molecule has 0 amide bonds. The molecule has 0 bridgehead atoms. The van der Waals surface area contributed by atoms with Gasteiger partial charge < -0.3 is 10.2 Å². The zero-order chi connectivity index (χ0) is 13.8. The van der Waals surface area contributed by atoms with Crippen molar-refractivity contribution < 1.29 is 0 Å². The highest BCUT2D eigenvalue weighted by Gasteiger charge is 2.18. The van der Waals surface area contributed by atoms with Crippen LogP contribution >= 0.6 is 15.9 Å². The Kier molecular flexibility index (Phi) is 5.28. The summed E-state index contributed by atoms with van der Waals surface area (Å²) in [6, 6.07) is 7.77. The van der Waals surface area contributed by atoms with Crippen LogP contribution in [-0.2, 0) is 0 Å². The highest BCUT2D eigenvalue weighted by molar-refractivity contribution is 9.10. The third kappa shape index (κ3) is 4.22. The van der Waals surface area contributed by atoms with E-state index in [-0.39, 0.29) is 0 Å². The topological polar surface area (TPSA) is 15.3 Å². The molecule has 0 aliphatic carbocycles. The maximum atomic E-state index is 3.73. The molecule has 1 unspecified atom stereocenters. The molecule has 106 valence electrons. The van der Waals surface area contributed by atoms with Gasteiger partial charge in [-0.05, 0) is 70.3 Å². The predicted octanol–water partition coefficient (Wildman–Crippen LogP) is 4.43. The van der Waals surface area contributed by atoms with Crippen molar-refractivity contribution in [3.63, 3.8) is 0 Å². The van der Waals surface area contributed by atoms with Crippen molar-refractivity contribution >= 4 is 21.6 Å². The molecule has 0 aromatic heterocycles. The van der Waals surface area contributed by atoms with Crippen molar-refractivity contribution in [2.75, 3.05) is 18.4 Å². The van der Waals surface area contributed by atoms with E-state index in [1.165, 1.54) is 43.6 Å². The van der Waals surface area contributed by atoms with Gasteiger partial charge in [-0.2, -0.15) is 0 Å². The second-order valence-corrected chi connectivity index (χ2v) is 6.78. The van der Waals surface area contributed by atoms with Gasteiger partial charge in [0.1, 0.15) is 0 Å². The highest BCUT2D eigenvalue weighted by Crippen LogP contribution is 2.23. The molecule has 1 atom stereocenters. The Hall–Kier alpha value is -0.540. The number of benzene rings is 1. The fourth-order valence-electron chi connectivity index (χ4n) is 2.79. The number of aryl methyl sites for hydroxylation is 1. The first-order chi connectivity index (χ1) is 9.06. The average Bonchev–Trinajstić information content (AvgIpc) is 2.58. The molecule has 0 spiro atoms. The molecule has 19 heavy (non-hydrogen) atoms. The molecule has 1 saturated heterocycles. The van der Waals surface area contributed by atoms with Crippen molar-refractivity contribution in [3.05, 3.63) is 28.2 Å². The molecule has 2 rings (SSSR count). The number of halogens is 1. The number of nitrogens with zero attached hydrogens (tertiary/aromatic N) is 1. The number of nitrogens with one attached hydrogen (secondary N) is 1. The lowest BCUT2D eigenvalue weighted by Crippen LogP contribution is -2.32. The van der Waals surface area contributed by atoms with E-state index < -0.39 is 0 Å². The molecular formula is C16H25BrN2. The van der Waals surface area contributed by atoms with Crippen LogP contribution in [0.1, 0.15) is 38.7 Å². The van der Waals surface area contributed by atoms with Crippen molar-refractivity contribution in [2.45, 2.75) is 52.1 Å². The molecule has 1 aromatic carbocycles. The molecule has 1 N–H and O–H groups in total. The number of hydrogen-bond donors (Lipinski definition) is 1. The van der Waals surface area contributed by atoms with Crippen LogP contribution in [0.15, 0.2) is 22.7 Å². The predicted molar refractivity (Wildman–Crippen MR) is 86.8 cm³/mol. The maximum Gasteiger partial charge on any atom is 0.0372 e. The highest BCUT2D eigenvalue weighted by atomic mass is 79.9. The minimum absolute atomic E-state index is 0.614. The molecular weight excluding hydrogens is 300 g/mol. The van der Waals surface area contributed by atoms with Crippen molar-refractivity contribution in [1.82, 2.24) is 4.90 Å². The quantitative estimate of drug-likeness (QED) is 0.884. The first-order valence-electron chi connectivity index (χ1n) is 7.33. The summed E-state index contributed by atoms with van der Waals surface area (Å²) in [5.41, 5.74) is 2.60. The second kappa shape index (κ2) is 6.76. The minimum atomic E-state index is 0.614. The molecule has 1 aliphatic heterocycles. The summed E-state index contributed by atoms with van der Waals surface area (Å²) in [7, 11) is 0. The standard InChI is InChI=1S/C16H25BrN2/c1-12(2)19-9-4-5-15(8-10-19)18-16-7-6-14(17)11-13(16)3/h6-7,11-12,15,18H,4-5,8-10H2,1-3H3. The zero-order valence-electron chi connectivity index (χ0n) is 12.2. The molecule has 1 heterocycles. The maximum absolute atomic E-state index is 3.73. The van der Waals surface area contributed by atoms with Crippen LogP contribution in [0.2, 0.25) is 0 Å². The molecule has 1 aromatic rings. The summed E-state index contributed by atoms with van der Waals surface area (Å²) in [5, 5.41) is 3.73. The van der Waals surface area contributed by atoms with Gasteiger partial charge in [-0.3, -0.25) is 0 Å². The number of hydrogen-bond acceptors (Lipinski definition) is 2. The number of anilines is 1. The Morgan fingerprint density at radius 1 is 1.26 bits per heavy atom. The van der Waals surface area contributed by atoms with Crippen LogP contribution in [0.25, 0.3) is 0 Å². The van der Waals surface area contributed by atoms with E-state index in [4.69, 9.17) is 0 Å². The van der Waals surface area contributed by atoms with E-state index in [0.29, 0.717) is 12.1 Å². The van der Waals surface area contributed by atoms with Crippen molar-refractivity contribution in [2.24, 2.45) is 0 Å². The van der Waals surface area contributed by atoms with E-state index >= 15 is 0 Å². The van der Waals surface area contributed by atoms with Gasteiger partial charge in [0.25, 0.3) is 0 Å². The van der Waals surface area contributed by atoms with E-state index in [0.717, 1.165) is 4.47 Å². The third-order valence-electron chi connectivity index (χ3n) is 4.04. The van der Waals surface area contributed by atoms with Crippen LogP contribution in [0.4, 0.5) is 5.69 Å². The smallest absolute Gasteiger partial charge is 0.0372 e. The van der Waals surface area contributed by atoms with Gasteiger partial charge in [0, 0.05) is 28.8 Å². The second-order valence-electron chi connectivity index (χ2n) is 5.86. The summed E-state index contributed by atoms with van der Waals surface area (Å²) >= 11 is 3.52. The summed E-state index contributed by atoms with van der Waals surface area (Å²) in [6.45, 7) is 9.23. The van der Waals surface area contributed by atoms with Crippen molar-refractivity contribution in [1.29, 1.82) is 0 Å². The van der Waals surface area contributed by atoms with Gasteiger partial charge in [-0.25, -0.2) is 0 Å². The first-order valence-corrected chi connectivity index (χ1v) is 8.12. The largest absolute Gasteiger partial charge is 0.382 e. The normalized spacial score (nSPS) is 21.4. The lowest BCUT2D eigenvalue weighted by Gasteiger charge is -2.24. The van der Waals surface area contributed by atoms with Gasteiger partial charge >= 0.3 is 0 Å². The summed E-state index contributed by atoms with van der Waals surface area (Å²) in [6.07, 6.45) is 3.82. The molecule has 0 saturated carbocycles. The monoisotopic (exact) mass is 324 g/mol. The van der Waals surface area contributed by atoms with E-state index in [2.05, 4.69) is 65.1 Å². The van der Waals surface area contributed by atoms with Crippen LogP contribution in [0, 0.1) is 6.92 Å². The van der Waals surface area contributed by atoms with E-state index in [9.17, 15) is 0 Å². The fraction of sp³-hybridized carbons (Fsp3) is 0.625. The van der Waals surface area contributed by atoms with Gasteiger partial charge in [0.05, 0.1) is 0 Å². The number of rotatable bonds is 3. The zero-order valence-corrected chi connectivity index (χ0v) is 13.8. The Bertz CT molecular complexity index is 417. The molecule has 2 nitrogen and oxygen atoms in total. The van der Waals surface area contributed by atoms with Gasteiger partial charge in [0.2, 0.25) is 0 Å². The Morgan fingerprint density at radius 3 is 2.74 bits per heavy atom. The summed E-state index contributed by atoms with van der Waals surface area (Å²) < 4.78 is 1.15. The Balaban J connectivity index is 1.96. The van der Waals surface area contributed by atoms with Crippen LogP contribution in [-0.4, -0.2) is 30.1 Å². The van der Waals surface area contributed by atoms with Gasteiger partial charge in [-0.1, -0.05) is 15.9 Å². The van der Waals surface area contributed by atoms with Crippen LogP contribution < -0.4 is 5.32 Å². The lowest BCUT2D eigenvalue weighted by atomic mass is 10.1. The Morgan fingerprint density at radius 2 is 2.05 bits per heavy atom. The summed E-state index contributed by atoms with van der Waals surface area (Å²) in [5.74, 6) is 0. The SMILES string of the molecule is Cc1cc(Br)ccc1NC1CCCN(C(C)C)CC1. The van der Waals surface area contributed by atoms with E-state index in [1.807, 2.05) is 0 Å². The van der Waals surface area contributed by atoms with Crippen LogP contribution in [0.3, 0.4) is 0 Å². The molecule has 0 radical (unpaired) electrons. The van der Waals surface area contributed by atoms with Crippen molar-refractivity contribution in [3.8, 4) is 0 Å².